The highest BCUT2D eigenvalue weighted by molar-refractivity contribution is 5.73. The summed E-state index contributed by atoms with van der Waals surface area (Å²) in [6.45, 7) is 4.75. The Balaban J connectivity index is 0.000000317. The van der Waals surface area contributed by atoms with Crippen LogP contribution in [0.2, 0.25) is 0 Å². The number of nitrogens with zero attached hydrogens (tertiary/aromatic N) is 6. The van der Waals surface area contributed by atoms with Crippen molar-refractivity contribution in [1.82, 2.24) is 24.3 Å². The molecule has 1 fully saturated rings. The monoisotopic (exact) mass is 628 g/mol. The third-order valence-electron chi connectivity index (χ3n) is 6.08. The first-order valence-electron chi connectivity index (χ1n) is 12.6. The van der Waals surface area contributed by atoms with E-state index >= 15 is 0 Å². The lowest BCUT2D eigenvalue weighted by Gasteiger charge is -2.35. The molecule has 11 nitrogen and oxygen atoms in total. The summed E-state index contributed by atoms with van der Waals surface area (Å²) in [6.07, 6.45) is -0.816. The van der Waals surface area contributed by atoms with Gasteiger partial charge in [0.2, 0.25) is 0 Å². The van der Waals surface area contributed by atoms with Crippen molar-refractivity contribution in [2.75, 3.05) is 38.2 Å². The minimum absolute atomic E-state index is 0.894. The molecule has 0 spiro atoms. The van der Waals surface area contributed by atoms with Gasteiger partial charge in [0.1, 0.15) is 5.75 Å². The number of piperazine rings is 1. The minimum Gasteiger partial charge on any atom is -0.497 e. The lowest BCUT2D eigenvalue weighted by Crippen LogP contribution is -2.46. The first-order valence-corrected chi connectivity index (χ1v) is 12.6. The normalized spacial score (nSPS) is 13.8. The second-order valence-corrected chi connectivity index (χ2v) is 9.04. The average Bonchev–Trinajstić information content (AvgIpc) is 3.42. The molecule has 5 rings (SSSR count). The molecule has 1 aliphatic rings. The van der Waals surface area contributed by atoms with Gasteiger partial charge in [-0.3, -0.25) is 14.3 Å². The maximum absolute atomic E-state index is 10.6. The predicted molar refractivity (Wildman–Crippen MR) is 144 cm³/mol. The van der Waals surface area contributed by atoms with Crippen LogP contribution in [0.25, 0.3) is 16.9 Å². The van der Waals surface area contributed by atoms with E-state index in [1.807, 2.05) is 42.9 Å². The molecule has 0 atom stereocenters. The van der Waals surface area contributed by atoms with Gasteiger partial charge in [-0.05, 0) is 29.8 Å². The summed E-state index contributed by atoms with van der Waals surface area (Å²) in [4.78, 5) is 36.1. The zero-order valence-corrected chi connectivity index (χ0v) is 23.0. The summed E-state index contributed by atoms with van der Waals surface area (Å²) in [5, 5.41) is 14.2. The number of carbonyl (C=O) groups is 2. The number of pyridine rings is 1. The summed E-state index contributed by atoms with van der Waals surface area (Å²) in [5.41, 5.74) is 4.31. The lowest BCUT2D eigenvalue weighted by atomic mass is 10.2. The van der Waals surface area contributed by atoms with Crippen LogP contribution >= 0.6 is 0 Å². The van der Waals surface area contributed by atoms with Crippen LogP contribution in [-0.2, 0) is 16.1 Å². The highest BCUT2D eigenvalue weighted by Crippen LogP contribution is 2.26. The molecule has 2 N–H and O–H groups in total. The third-order valence-corrected chi connectivity index (χ3v) is 6.08. The number of imidazole rings is 1. The van der Waals surface area contributed by atoms with Crippen LogP contribution in [-0.4, -0.2) is 92.0 Å². The highest BCUT2D eigenvalue weighted by atomic mass is 19.4. The van der Waals surface area contributed by atoms with E-state index in [9.17, 15) is 26.3 Å². The van der Waals surface area contributed by atoms with E-state index in [2.05, 4.69) is 41.3 Å². The van der Waals surface area contributed by atoms with Gasteiger partial charge in [0, 0.05) is 63.1 Å². The zero-order chi connectivity index (χ0) is 32.5. The summed E-state index contributed by atoms with van der Waals surface area (Å²) < 4.78 is 70.9. The van der Waals surface area contributed by atoms with Crippen molar-refractivity contribution in [2.45, 2.75) is 18.9 Å². The number of methoxy groups -OCH3 is 1. The number of aromatic nitrogens is 4. The molecule has 0 unspecified atom stereocenters. The quantitative estimate of drug-likeness (QED) is 0.307. The van der Waals surface area contributed by atoms with Gasteiger partial charge < -0.3 is 19.8 Å². The van der Waals surface area contributed by atoms with Crippen LogP contribution in [0.1, 0.15) is 5.56 Å². The summed E-state index contributed by atoms with van der Waals surface area (Å²) in [6, 6.07) is 12.3. The smallest absolute Gasteiger partial charge is 0.490 e. The van der Waals surface area contributed by atoms with Gasteiger partial charge in [0.15, 0.2) is 11.5 Å². The Labute approximate surface area is 246 Å². The molecule has 17 heteroatoms. The van der Waals surface area contributed by atoms with E-state index in [1.54, 1.807) is 19.5 Å². The number of rotatable bonds is 5. The Hall–Kier alpha value is -4.93. The number of ether oxygens (including phenoxy) is 1. The number of benzene rings is 1. The van der Waals surface area contributed by atoms with E-state index in [4.69, 9.17) is 24.5 Å². The van der Waals surface area contributed by atoms with E-state index in [-0.39, 0.29) is 0 Å². The van der Waals surface area contributed by atoms with E-state index in [0.717, 1.165) is 61.2 Å². The van der Waals surface area contributed by atoms with Crippen LogP contribution in [0.5, 0.6) is 5.75 Å². The molecule has 44 heavy (non-hydrogen) atoms. The minimum atomic E-state index is -5.08. The first kappa shape index (κ1) is 33.6. The predicted octanol–water partition coefficient (Wildman–Crippen LogP) is 4.39. The topological polar surface area (TPSA) is 133 Å². The Morgan fingerprint density at radius 2 is 1.48 bits per heavy atom. The Kier molecular flexibility index (Phi) is 11.1. The number of hydrogen-bond donors (Lipinski definition) is 2. The largest absolute Gasteiger partial charge is 0.497 e. The number of halogens is 6. The SMILES string of the molecule is COc1cccc(CN2CCN(c3nccn4c(-c5ccncc5)cnc34)CC2)c1.O=C(O)C(F)(F)F.O=C(O)C(F)(F)F. The van der Waals surface area contributed by atoms with Crippen molar-refractivity contribution in [3.63, 3.8) is 0 Å². The molecule has 1 aromatic carbocycles. The molecular weight excluding hydrogens is 602 g/mol. The van der Waals surface area contributed by atoms with E-state index in [1.165, 1.54) is 5.56 Å². The van der Waals surface area contributed by atoms with Crippen LogP contribution < -0.4 is 9.64 Å². The van der Waals surface area contributed by atoms with Crippen molar-refractivity contribution in [3.05, 3.63) is 72.9 Å². The fraction of sp³-hybridized carbons (Fsp3) is 0.296. The zero-order valence-electron chi connectivity index (χ0n) is 23.0. The van der Waals surface area contributed by atoms with Crippen molar-refractivity contribution >= 4 is 23.4 Å². The van der Waals surface area contributed by atoms with Gasteiger partial charge in [0.25, 0.3) is 0 Å². The molecule has 0 aliphatic carbocycles. The van der Waals surface area contributed by atoms with Crippen molar-refractivity contribution in [3.8, 4) is 17.0 Å². The maximum Gasteiger partial charge on any atom is 0.490 e. The molecule has 3 aromatic heterocycles. The van der Waals surface area contributed by atoms with Crippen molar-refractivity contribution in [1.29, 1.82) is 0 Å². The van der Waals surface area contributed by atoms with Gasteiger partial charge in [-0.25, -0.2) is 19.6 Å². The molecule has 4 heterocycles. The lowest BCUT2D eigenvalue weighted by molar-refractivity contribution is -0.193. The van der Waals surface area contributed by atoms with Crippen LogP contribution in [0.3, 0.4) is 0 Å². The maximum atomic E-state index is 10.6. The number of hydrogen-bond acceptors (Lipinski definition) is 8. The number of carboxylic acid groups (broad SMARTS) is 2. The van der Waals surface area contributed by atoms with Gasteiger partial charge in [-0.2, -0.15) is 26.3 Å². The number of alkyl halides is 6. The second-order valence-electron chi connectivity index (χ2n) is 9.04. The standard InChI is InChI=1S/C23H24N6O.2C2HF3O2/c1-30-20-4-2-3-18(15-20)17-27-11-13-28(14-12-27)22-23-26-16-21(29(23)10-9-25-22)19-5-7-24-8-6-19;2*3-2(4,5)1(6)7/h2-10,15-16H,11-14,17H2,1H3;2*(H,6,7). The van der Waals surface area contributed by atoms with Crippen molar-refractivity contribution < 1.29 is 50.9 Å². The molecule has 4 aromatic rings. The van der Waals surface area contributed by atoms with Crippen LogP contribution in [0.4, 0.5) is 32.2 Å². The van der Waals surface area contributed by atoms with E-state index in [0.29, 0.717) is 0 Å². The molecule has 0 bridgehead atoms. The summed E-state index contributed by atoms with van der Waals surface area (Å²) in [7, 11) is 1.71. The van der Waals surface area contributed by atoms with Gasteiger partial charge in [-0.1, -0.05) is 12.1 Å². The van der Waals surface area contributed by atoms with Gasteiger partial charge in [-0.15, -0.1) is 0 Å². The van der Waals surface area contributed by atoms with Gasteiger partial charge in [0.05, 0.1) is 19.0 Å². The molecular formula is C27H26F6N6O5. The third kappa shape index (κ3) is 9.29. The van der Waals surface area contributed by atoms with Crippen LogP contribution in [0, 0.1) is 0 Å². The van der Waals surface area contributed by atoms with Crippen LogP contribution in [0.15, 0.2) is 67.4 Å². The average molecular weight is 629 g/mol. The molecule has 1 aliphatic heterocycles. The Morgan fingerprint density at radius 1 is 0.886 bits per heavy atom. The number of carboxylic acids is 2. The summed E-state index contributed by atoms with van der Waals surface area (Å²) >= 11 is 0. The number of fused-ring (bicyclic) bond motifs is 1. The molecule has 0 radical (unpaired) electrons. The summed E-state index contributed by atoms with van der Waals surface area (Å²) in [5.74, 6) is -3.66. The fourth-order valence-corrected chi connectivity index (χ4v) is 4.01. The molecule has 236 valence electrons. The molecule has 0 amide bonds. The van der Waals surface area contributed by atoms with Crippen molar-refractivity contribution in [2.24, 2.45) is 0 Å². The van der Waals surface area contributed by atoms with E-state index < -0.39 is 24.3 Å². The fourth-order valence-electron chi connectivity index (χ4n) is 4.01. The molecule has 1 saturated heterocycles. The Bertz CT molecular complexity index is 1520. The number of aliphatic carboxylic acids is 2. The molecule has 0 saturated carbocycles. The highest BCUT2D eigenvalue weighted by Gasteiger charge is 2.38. The Morgan fingerprint density at radius 3 is 2.02 bits per heavy atom. The van der Waals surface area contributed by atoms with Gasteiger partial charge >= 0.3 is 24.3 Å². The second kappa shape index (κ2) is 14.5. The first-order chi connectivity index (χ1) is 20.7. The number of anilines is 1.